The van der Waals surface area contributed by atoms with Gasteiger partial charge in [-0.1, -0.05) is 0 Å². The number of nitrogens with one attached hydrogen (secondary N) is 2. The number of likely N-dealkylation sites (tertiary alicyclic amines) is 1. The SMILES string of the molecule is C[C@@H](NC(=O)c1cc2cc(F)cnc2[nH]1)C(=O)N1CCC2(CC1)CC2. The molecule has 1 atom stereocenters. The minimum Gasteiger partial charge on any atom is -0.341 e. The smallest absolute Gasteiger partial charge is 0.268 e. The maximum absolute atomic E-state index is 13.2. The molecule has 0 radical (unpaired) electrons. The lowest BCUT2D eigenvalue weighted by molar-refractivity contribution is -0.134. The summed E-state index contributed by atoms with van der Waals surface area (Å²) in [7, 11) is 0. The Balaban J connectivity index is 1.39. The summed E-state index contributed by atoms with van der Waals surface area (Å²) in [6.07, 6.45) is 5.81. The second-order valence-corrected chi connectivity index (χ2v) is 7.29. The zero-order valence-electron chi connectivity index (χ0n) is 14.1. The molecular weight excluding hydrogens is 323 g/mol. The van der Waals surface area contributed by atoms with Crippen molar-refractivity contribution in [1.82, 2.24) is 20.2 Å². The van der Waals surface area contributed by atoms with E-state index < -0.39 is 17.8 Å². The average molecular weight is 344 g/mol. The van der Waals surface area contributed by atoms with Crippen LogP contribution in [0, 0.1) is 11.2 Å². The Labute approximate surface area is 144 Å². The predicted molar refractivity (Wildman–Crippen MR) is 90.5 cm³/mol. The molecule has 2 fully saturated rings. The Hall–Kier alpha value is -2.44. The van der Waals surface area contributed by atoms with E-state index in [1.165, 1.54) is 25.0 Å². The highest BCUT2D eigenvalue weighted by Gasteiger charge is 2.45. The van der Waals surface area contributed by atoms with Crippen molar-refractivity contribution in [2.45, 2.75) is 38.6 Å². The number of aromatic nitrogens is 2. The van der Waals surface area contributed by atoms with Gasteiger partial charge in [-0.25, -0.2) is 9.37 Å². The van der Waals surface area contributed by atoms with E-state index in [0.717, 1.165) is 32.1 Å². The van der Waals surface area contributed by atoms with Crippen LogP contribution in [0.15, 0.2) is 18.3 Å². The topological polar surface area (TPSA) is 78.1 Å². The minimum atomic E-state index is -0.600. The van der Waals surface area contributed by atoms with E-state index >= 15 is 0 Å². The van der Waals surface area contributed by atoms with E-state index in [1.807, 2.05) is 4.90 Å². The fourth-order valence-corrected chi connectivity index (χ4v) is 3.60. The molecule has 1 spiro atoms. The van der Waals surface area contributed by atoms with Crippen LogP contribution >= 0.6 is 0 Å². The van der Waals surface area contributed by atoms with Crippen LogP contribution in [0.3, 0.4) is 0 Å². The molecule has 25 heavy (non-hydrogen) atoms. The fraction of sp³-hybridized carbons (Fsp3) is 0.500. The summed E-state index contributed by atoms with van der Waals surface area (Å²) in [5.74, 6) is -0.903. The number of hydrogen-bond acceptors (Lipinski definition) is 3. The van der Waals surface area contributed by atoms with Gasteiger partial charge in [0.2, 0.25) is 5.91 Å². The average Bonchev–Trinajstić information content (AvgIpc) is 3.21. The van der Waals surface area contributed by atoms with Gasteiger partial charge in [0.15, 0.2) is 0 Å². The summed E-state index contributed by atoms with van der Waals surface area (Å²) in [6, 6.07) is 2.25. The summed E-state index contributed by atoms with van der Waals surface area (Å²) < 4.78 is 13.2. The molecule has 2 N–H and O–H groups in total. The van der Waals surface area contributed by atoms with Crippen LogP contribution in [0.1, 0.15) is 43.1 Å². The lowest BCUT2D eigenvalue weighted by Crippen LogP contribution is -2.49. The predicted octanol–water partition coefficient (Wildman–Crippen LogP) is 2.22. The quantitative estimate of drug-likeness (QED) is 0.896. The number of carbonyl (C=O) groups excluding carboxylic acids is 2. The standard InChI is InChI=1S/C18H21FN4O2/c1-11(17(25)23-6-4-18(2-3-18)5-7-23)21-16(24)14-9-12-8-13(19)10-20-15(12)22-14/h8-11H,2-7H2,1H3,(H,20,22)(H,21,24)/t11-/m1/s1. The van der Waals surface area contributed by atoms with E-state index in [4.69, 9.17) is 0 Å². The van der Waals surface area contributed by atoms with Gasteiger partial charge < -0.3 is 15.2 Å². The fourth-order valence-electron chi connectivity index (χ4n) is 3.60. The number of aromatic amines is 1. The molecule has 2 aromatic rings. The monoisotopic (exact) mass is 344 g/mol. The lowest BCUT2D eigenvalue weighted by atomic mass is 9.93. The van der Waals surface area contributed by atoms with E-state index in [0.29, 0.717) is 16.4 Å². The van der Waals surface area contributed by atoms with Crippen LogP contribution in [0.4, 0.5) is 4.39 Å². The number of nitrogens with zero attached hydrogens (tertiary/aromatic N) is 2. The van der Waals surface area contributed by atoms with Crippen molar-refractivity contribution in [1.29, 1.82) is 0 Å². The summed E-state index contributed by atoms with van der Waals surface area (Å²) in [5, 5.41) is 3.25. The van der Waals surface area contributed by atoms with Crippen molar-refractivity contribution in [3.8, 4) is 0 Å². The molecule has 1 aliphatic carbocycles. The number of hydrogen-bond donors (Lipinski definition) is 2. The maximum atomic E-state index is 13.2. The summed E-state index contributed by atoms with van der Waals surface area (Å²) in [4.78, 5) is 33.5. The van der Waals surface area contributed by atoms with Crippen LogP contribution in [0.5, 0.6) is 0 Å². The molecule has 0 unspecified atom stereocenters. The first-order chi connectivity index (χ1) is 12.0. The minimum absolute atomic E-state index is 0.0517. The van der Waals surface area contributed by atoms with Crippen LogP contribution < -0.4 is 5.32 Å². The first-order valence-electron chi connectivity index (χ1n) is 8.70. The molecule has 6 nitrogen and oxygen atoms in total. The van der Waals surface area contributed by atoms with Gasteiger partial charge >= 0.3 is 0 Å². The second-order valence-electron chi connectivity index (χ2n) is 7.29. The van der Waals surface area contributed by atoms with Gasteiger partial charge in [0, 0.05) is 18.5 Å². The molecule has 2 aromatic heterocycles. The number of amides is 2. The Bertz CT molecular complexity index is 833. The molecule has 1 saturated heterocycles. The molecule has 3 heterocycles. The molecule has 1 saturated carbocycles. The number of halogens is 1. The van der Waals surface area contributed by atoms with Crippen LogP contribution in [-0.4, -0.2) is 45.8 Å². The molecule has 0 aromatic carbocycles. The number of fused-ring (bicyclic) bond motifs is 1. The van der Waals surface area contributed by atoms with Gasteiger partial charge in [-0.05, 0) is 50.2 Å². The third-order valence-corrected chi connectivity index (χ3v) is 5.49. The molecular formula is C18H21FN4O2. The lowest BCUT2D eigenvalue weighted by Gasteiger charge is -2.33. The van der Waals surface area contributed by atoms with Crippen molar-refractivity contribution in [3.63, 3.8) is 0 Å². The number of pyridine rings is 1. The molecule has 0 bridgehead atoms. The third-order valence-electron chi connectivity index (χ3n) is 5.49. The zero-order valence-corrected chi connectivity index (χ0v) is 14.1. The molecule has 2 amide bonds. The summed E-state index contributed by atoms with van der Waals surface area (Å²) in [5.41, 5.74) is 1.22. The van der Waals surface area contributed by atoms with Gasteiger partial charge in [-0.15, -0.1) is 0 Å². The summed E-state index contributed by atoms with van der Waals surface area (Å²) in [6.45, 7) is 3.24. The molecule has 2 aliphatic rings. The molecule has 4 rings (SSSR count). The van der Waals surface area contributed by atoms with E-state index in [-0.39, 0.29) is 11.6 Å². The van der Waals surface area contributed by atoms with Crippen molar-refractivity contribution in [2.24, 2.45) is 5.41 Å². The van der Waals surface area contributed by atoms with Gasteiger partial charge in [0.25, 0.3) is 5.91 Å². The van der Waals surface area contributed by atoms with E-state index in [1.54, 1.807) is 6.92 Å². The van der Waals surface area contributed by atoms with Crippen molar-refractivity contribution in [2.75, 3.05) is 13.1 Å². The number of carbonyl (C=O) groups is 2. The van der Waals surface area contributed by atoms with Crippen LogP contribution in [0.25, 0.3) is 11.0 Å². The van der Waals surface area contributed by atoms with Gasteiger partial charge in [-0.3, -0.25) is 9.59 Å². The molecule has 7 heteroatoms. The Morgan fingerprint density at radius 3 is 2.68 bits per heavy atom. The van der Waals surface area contributed by atoms with Crippen molar-refractivity contribution < 1.29 is 14.0 Å². The maximum Gasteiger partial charge on any atom is 0.268 e. The normalized spacial score (nSPS) is 19.8. The second kappa shape index (κ2) is 5.82. The first-order valence-corrected chi connectivity index (χ1v) is 8.70. The van der Waals surface area contributed by atoms with Crippen molar-refractivity contribution in [3.05, 3.63) is 29.8 Å². The Morgan fingerprint density at radius 1 is 1.28 bits per heavy atom. The highest BCUT2D eigenvalue weighted by atomic mass is 19.1. The molecule has 1 aliphatic heterocycles. The van der Waals surface area contributed by atoms with Gasteiger partial charge in [0.05, 0.1) is 6.20 Å². The molecule has 132 valence electrons. The Morgan fingerprint density at radius 2 is 2.00 bits per heavy atom. The Kier molecular flexibility index (Phi) is 3.74. The number of H-pyrrole nitrogens is 1. The van der Waals surface area contributed by atoms with Gasteiger partial charge in [-0.2, -0.15) is 0 Å². The first kappa shape index (κ1) is 16.1. The van der Waals surface area contributed by atoms with Crippen LogP contribution in [-0.2, 0) is 4.79 Å². The third kappa shape index (κ3) is 3.10. The van der Waals surface area contributed by atoms with Crippen LogP contribution in [0.2, 0.25) is 0 Å². The number of piperidine rings is 1. The van der Waals surface area contributed by atoms with E-state index in [9.17, 15) is 14.0 Å². The van der Waals surface area contributed by atoms with Gasteiger partial charge in [0.1, 0.15) is 23.2 Å². The zero-order chi connectivity index (χ0) is 17.6. The van der Waals surface area contributed by atoms with E-state index in [2.05, 4.69) is 15.3 Å². The van der Waals surface area contributed by atoms with Crippen molar-refractivity contribution >= 4 is 22.8 Å². The highest BCUT2D eigenvalue weighted by Crippen LogP contribution is 2.53. The largest absolute Gasteiger partial charge is 0.341 e. The highest BCUT2D eigenvalue weighted by molar-refractivity contribution is 5.99. The summed E-state index contributed by atoms with van der Waals surface area (Å²) >= 11 is 0. The number of rotatable bonds is 3.